The number of nitrogens with zero attached hydrogens (tertiary/aromatic N) is 10. The molecule has 2 aromatic carbocycles. The largest absolute Gasteiger partial charge is 0.349 e. The van der Waals surface area contributed by atoms with Crippen molar-refractivity contribution in [3.8, 4) is 0 Å². The zero-order valence-electron chi connectivity index (χ0n) is 25.3. The second kappa shape index (κ2) is 12.3. The molecule has 0 fully saturated rings. The van der Waals surface area contributed by atoms with Gasteiger partial charge in [-0.3, -0.25) is 14.0 Å². The van der Waals surface area contributed by atoms with Crippen LogP contribution in [0.5, 0.6) is 0 Å². The maximum Gasteiger partial charge on any atom is 0.200 e. The van der Waals surface area contributed by atoms with E-state index in [-0.39, 0.29) is 0 Å². The molecule has 206 valence electrons. The van der Waals surface area contributed by atoms with Crippen molar-refractivity contribution in [1.29, 1.82) is 0 Å². The fourth-order valence-corrected chi connectivity index (χ4v) is 7.67. The molecule has 0 bridgehead atoms. The van der Waals surface area contributed by atoms with Crippen LogP contribution in [0, 0.1) is 0 Å². The van der Waals surface area contributed by atoms with E-state index in [1.54, 1.807) is 0 Å². The van der Waals surface area contributed by atoms with Gasteiger partial charge in [0.2, 0.25) is 11.9 Å². The highest BCUT2D eigenvalue weighted by molar-refractivity contribution is 7.59. The van der Waals surface area contributed by atoms with Crippen LogP contribution in [-0.4, -0.2) is 144 Å². The van der Waals surface area contributed by atoms with Gasteiger partial charge in [-0.1, -0.05) is 12.1 Å². The molecule has 0 spiro atoms. The van der Waals surface area contributed by atoms with Crippen molar-refractivity contribution in [2.24, 2.45) is 14.7 Å². The van der Waals surface area contributed by atoms with Crippen molar-refractivity contribution in [1.82, 2.24) is 33.6 Å². The second-order valence-corrected chi connectivity index (χ2v) is 14.1. The number of rotatable bonds is 6. The van der Waals surface area contributed by atoms with Crippen LogP contribution in [0.3, 0.4) is 0 Å². The fourth-order valence-electron chi connectivity index (χ4n) is 4.53. The lowest BCUT2D eigenvalue weighted by Gasteiger charge is -2.41. The Kier molecular flexibility index (Phi) is 10.1. The summed E-state index contributed by atoms with van der Waals surface area (Å²) >= 11 is 0. The van der Waals surface area contributed by atoms with E-state index in [9.17, 15) is 0 Å². The molecule has 0 saturated carbocycles. The van der Waals surface area contributed by atoms with Gasteiger partial charge in [-0.15, -0.1) is 0 Å². The molecule has 0 unspecified atom stereocenters. The van der Waals surface area contributed by atoms with E-state index in [2.05, 4.69) is 80.6 Å². The highest BCUT2D eigenvalue weighted by atomic mass is 31.2. The Hall–Kier alpha value is -2.65. The summed E-state index contributed by atoms with van der Waals surface area (Å²) in [5.41, 5.74) is 2.63. The standard InChI is InChI=1S/C26H47N10P/c1-30(2)25(31(3)4)27-21-18-19-23(29-37(34(9)10,35(11)12)36(13)14)24-20(21)16-15-17-22(24)28-26(32(5)6)33(7)8/h15-19H,1-14H3. The third-order valence-electron chi connectivity index (χ3n) is 5.87. The topological polar surface area (TPSA) is 59.8 Å². The van der Waals surface area contributed by atoms with E-state index >= 15 is 0 Å². The number of aliphatic imine (C=N–C) groups is 2. The van der Waals surface area contributed by atoms with Crippen LogP contribution in [0.25, 0.3) is 10.8 Å². The quantitative estimate of drug-likeness (QED) is 0.313. The predicted octanol–water partition coefficient (Wildman–Crippen LogP) is 4.32. The average Bonchev–Trinajstić information content (AvgIpc) is 2.78. The number of benzene rings is 2. The summed E-state index contributed by atoms with van der Waals surface area (Å²) in [6.07, 6.45) is 0. The maximum absolute atomic E-state index is 5.49. The number of guanidine groups is 2. The van der Waals surface area contributed by atoms with Gasteiger partial charge in [0.1, 0.15) is 0 Å². The third-order valence-corrected chi connectivity index (χ3v) is 9.57. The Balaban J connectivity index is 3.14. The summed E-state index contributed by atoms with van der Waals surface area (Å²) in [7, 11) is 26.4. The minimum absolute atomic E-state index is 0.850. The van der Waals surface area contributed by atoms with Gasteiger partial charge in [0, 0.05) is 67.2 Å². The first kappa shape index (κ1) is 30.6. The number of fused-ring (bicyclic) bond motifs is 1. The van der Waals surface area contributed by atoms with E-state index < -0.39 is 7.51 Å². The molecule has 0 aromatic heterocycles. The lowest BCUT2D eigenvalue weighted by atomic mass is 10.1. The molecule has 0 atom stereocenters. The molecule has 2 aromatic rings. The van der Waals surface area contributed by atoms with Crippen molar-refractivity contribution in [2.45, 2.75) is 0 Å². The van der Waals surface area contributed by atoms with E-state index in [1.165, 1.54) is 0 Å². The summed E-state index contributed by atoms with van der Waals surface area (Å²) in [5, 5.41) is 1.99. The van der Waals surface area contributed by atoms with E-state index in [0.29, 0.717) is 0 Å². The Bertz CT molecular complexity index is 1140. The first-order chi connectivity index (χ1) is 17.1. The summed E-state index contributed by atoms with van der Waals surface area (Å²) in [6, 6.07) is 10.4. The lowest BCUT2D eigenvalue weighted by molar-refractivity contribution is 0.474. The van der Waals surface area contributed by atoms with Crippen molar-refractivity contribution >= 4 is 47.3 Å². The summed E-state index contributed by atoms with van der Waals surface area (Å²) < 4.78 is 12.1. The van der Waals surface area contributed by atoms with Crippen LogP contribution in [0.1, 0.15) is 0 Å². The van der Waals surface area contributed by atoms with Crippen molar-refractivity contribution in [3.63, 3.8) is 0 Å². The van der Waals surface area contributed by atoms with Crippen LogP contribution in [0.2, 0.25) is 0 Å². The molecule has 10 nitrogen and oxygen atoms in total. The summed E-state index contributed by atoms with van der Waals surface area (Å²) in [5.74, 6) is 1.71. The Morgan fingerprint density at radius 1 is 0.514 bits per heavy atom. The first-order valence-corrected chi connectivity index (χ1v) is 13.8. The van der Waals surface area contributed by atoms with Crippen LogP contribution in [-0.2, 0) is 0 Å². The molecule has 0 aliphatic heterocycles. The van der Waals surface area contributed by atoms with Gasteiger partial charge in [-0.25, -0.2) is 14.7 Å². The molecular weight excluding hydrogens is 483 g/mol. The molecule has 0 saturated heterocycles. The number of hydrogen-bond acceptors (Lipinski definition) is 3. The smallest absolute Gasteiger partial charge is 0.200 e. The minimum atomic E-state index is -2.20. The Morgan fingerprint density at radius 2 is 0.919 bits per heavy atom. The molecule has 0 radical (unpaired) electrons. The molecular formula is C26H47N10P. The lowest BCUT2D eigenvalue weighted by Crippen LogP contribution is -2.35. The van der Waals surface area contributed by atoms with E-state index in [0.717, 1.165) is 39.8 Å². The van der Waals surface area contributed by atoms with Crippen LogP contribution in [0.4, 0.5) is 17.1 Å². The molecule has 0 aliphatic rings. The Morgan fingerprint density at radius 3 is 1.32 bits per heavy atom. The zero-order chi connectivity index (χ0) is 28.2. The van der Waals surface area contributed by atoms with Gasteiger partial charge in [0.05, 0.1) is 17.1 Å². The van der Waals surface area contributed by atoms with Gasteiger partial charge < -0.3 is 19.6 Å². The zero-order valence-corrected chi connectivity index (χ0v) is 26.2. The highest BCUT2D eigenvalue weighted by Gasteiger charge is 2.29. The van der Waals surface area contributed by atoms with Gasteiger partial charge in [-0.05, 0) is 60.5 Å². The molecule has 37 heavy (non-hydrogen) atoms. The predicted molar refractivity (Wildman–Crippen MR) is 163 cm³/mol. The van der Waals surface area contributed by atoms with Crippen molar-refractivity contribution in [3.05, 3.63) is 30.3 Å². The fraction of sp³-hybridized carbons (Fsp3) is 0.538. The van der Waals surface area contributed by atoms with Gasteiger partial charge >= 0.3 is 0 Å². The van der Waals surface area contributed by atoms with Crippen LogP contribution in [0.15, 0.2) is 45.1 Å². The van der Waals surface area contributed by atoms with Gasteiger partial charge in [0.25, 0.3) is 0 Å². The molecule has 0 amide bonds. The molecule has 0 heterocycles. The number of hydrogen-bond donors (Lipinski definition) is 0. The highest BCUT2D eigenvalue weighted by Crippen LogP contribution is 2.58. The minimum Gasteiger partial charge on any atom is -0.349 e. The van der Waals surface area contributed by atoms with Crippen molar-refractivity contribution in [2.75, 3.05) is 98.7 Å². The van der Waals surface area contributed by atoms with E-state index in [4.69, 9.17) is 14.7 Å². The molecule has 0 N–H and O–H groups in total. The monoisotopic (exact) mass is 530 g/mol. The van der Waals surface area contributed by atoms with Crippen LogP contribution >= 0.6 is 7.51 Å². The average molecular weight is 531 g/mol. The Labute approximate surface area is 224 Å². The first-order valence-electron chi connectivity index (χ1n) is 12.2. The third kappa shape index (κ3) is 6.44. The molecule has 0 aliphatic carbocycles. The van der Waals surface area contributed by atoms with E-state index in [1.807, 2.05) is 82.0 Å². The normalized spacial score (nSPS) is 11.7. The van der Waals surface area contributed by atoms with Gasteiger partial charge in [-0.2, -0.15) is 0 Å². The molecule has 11 heteroatoms. The van der Waals surface area contributed by atoms with Crippen molar-refractivity contribution < 1.29 is 0 Å². The van der Waals surface area contributed by atoms with Gasteiger partial charge in [0.15, 0.2) is 7.51 Å². The second-order valence-electron chi connectivity index (χ2n) is 10.4. The SMILES string of the molecule is CN(C)C(=Nc1ccc(N=P(N(C)C)(N(C)C)N(C)C)c2c(N=C(N(C)C)N(C)C)cccc12)N(C)C. The summed E-state index contributed by atoms with van der Waals surface area (Å²) in [4.78, 5) is 18.2. The molecule has 2 rings (SSSR count). The van der Waals surface area contributed by atoms with Crippen LogP contribution < -0.4 is 0 Å². The summed E-state index contributed by atoms with van der Waals surface area (Å²) in [6.45, 7) is 0. The maximum atomic E-state index is 5.49.